The summed E-state index contributed by atoms with van der Waals surface area (Å²) in [6, 6.07) is 0. The van der Waals surface area contributed by atoms with Gasteiger partial charge in [-0.3, -0.25) is 4.57 Å². The molecule has 1 N–H and O–H groups in total. The number of nitrogens with one attached hydrogen (secondary N) is 1. The zero-order chi connectivity index (χ0) is 12.3. The van der Waals surface area contributed by atoms with Gasteiger partial charge in [-0.2, -0.15) is 0 Å². The van der Waals surface area contributed by atoms with Gasteiger partial charge in [-0.15, -0.1) is 12.4 Å². The van der Waals surface area contributed by atoms with Gasteiger partial charge < -0.3 is 14.4 Å². The molecule has 2 unspecified atom stereocenters. The van der Waals surface area contributed by atoms with Gasteiger partial charge in [0.25, 0.3) is 0 Å². The quantitative estimate of drug-likeness (QED) is 0.766. The van der Waals surface area contributed by atoms with Gasteiger partial charge in [-0.25, -0.2) is 0 Å². The Kier molecular flexibility index (Phi) is 6.63. The molecule has 1 aliphatic carbocycles. The molecular weight excluding hydrogens is 273 g/mol. The molecule has 108 valence electrons. The van der Waals surface area contributed by atoms with E-state index in [1.165, 1.54) is 19.3 Å². The molecular formula is C12H25ClNO3P. The first-order chi connectivity index (χ1) is 8.21. The molecule has 1 aliphatic heterocycles. The minimum Gasteiger partial charge on any atom is -0.315 e. The first-order valence-corrected chi connectivity index (χ1v) is 8.42. The van der Waals surface area contributed by atoms with Crippen molar-refractivity contribution in [3.63, 3.8) is 0 Å². The van der Waals surface area contributed by atoms with E-state index in [4.69, 9.17) is 9.05 Å². The number of hydrogen-bond donors (Lipinski definition) is 1. The van der Waals surface area contributed by atoms with Gasteiger partial charge in [0.15, 0.2) is 0 Å². The fraction of sp³-hybridized carbons (Fsp3) is 1.00. The van der Waals surface area contributed by atoms with Crippen molar-refractivity contribution in [3.05, 3.63) is 0 Å². The Morgan fingerprint density at radius 2 is 1.78 bits per heavy atom. The summed E-state index contributed by atoms with van der Waals surface area (Å²) in [6.45, 7) is 6.44. The smallest absolute Gasteiger partial charge is 0.315 e. The van der Waals surface area contributed by atoms with Crippen molar-refractivity contribution in [2.45, 2.75) is 38.8 Å². The van der Waals surface area contributed by atoms with E-state index in [1.54, 1.807) is 0 Å². The average Bonchev–Trinajstić information content (AvgIpc) is 2.65. The zero-order valence-corrected chi connectivity index (χ0v) is 13.0. The van der Waals surface area contributed by atoms with Crippen LogP contribution in [0.5, 0.6) is 0 Å². The Morgan fingerprint density at radius 1 is 1.17 bits per heavy atom. The largest absolute Gasteiger partial charge is 0.335 e. The molecule has 2 rings (SSSR count). The predicted octanol–water partition coefficient (Wildman–Crippen LogP) is 3.06. The van der Waals surface area contributed by atoms with Gasteiger partial charge in [-0.1, -0.05) is 19.3 Å². The first-order valence-electron chi connectivity index (χ1n) is 6.80. The molecule has 0 radical (unpaired) electrons. The fourth-order valence-electron chi connectivity index (χ4n) is 2.97. The summed E-state index contributed by atoms with van der Waals surface area (Å²) in [5, 5.41) is 3.36. The normalized spacial score (nSPS) is 28.8. The summed E-state index contributed by atoms with van der Waals surface area (Å²) in [5.74, 6) is 1.21. The highest BCUT2D eigenvalue weighted by molar-refractivity contribution is 7.54. The number of hydrogen-bond acceptors (Lipinski definition) is 4. The van der Waals surface area contributed by atoms with Crippen LogP contribution in [-0.2, 0) is 13.6 Å². The Balaban J connectivity index is 0.00000162. The highest BCUT2D eigenvalue weighted by Gasteiger charge is 2.47. The molecule has 1 saturated heterocycles. The second-order valence-corrected chi connectivity index (χ2v) is 7.22. The van der Waals surface area contributed by atoms with Crippen LogP contribution in [0.3, 0.4) is 0 Å². The van der Waals surface area contributed by atoms with Crippen LogP contribution >= 0.6 is 20.0 Å². The lowest BCUT2D eigenvalue weighted by molar-refractivity contribution is 0.178. The monoisotopic (exact) mass is 297 g/mol. The van der Waals surface area contributed by atoms with Crippen molar-refractivity contribution in [2.75, 3.05) is 26.3 Å². The van der Waals surface area contributed by atoms with Gasteiger partial charge in [0.05, 0.1) is 18.9 Å². The van der Waals surface area contributed by atoms with E-state index in [0.29, 0.717) is 19.1 Å². The Hall–Kier alpha value is 0.400. The lowest BCUT2D eigenvalue weighted by Crippen LogP contribution is -2.32. The third kappa shape index (κ3) is 3.29. The van der Waals surface area contributed by atoms with Crippen molar-refractivity contribution < 1.29 is 13.6 Å². The van der Waals surface area contributed by atoms with E-state index in [9.17, 15) is 4.57 Å². The summed E-state index contributed by atoms with van der Waals surface area (Å²) < 4.78 is 23.8. The van der Waals surface area contributed by atoms with E-state index in [2.05, 4.69) is 5.32 Å². The Bertz CT molecular complexity index is 289. The highest BCUT2D eigenvalue weighted by atomic mass is 35.5. The molecule has 0 aromatic rings. The average molecular weight is 298 g/mol. The van der Waals surface area contributed by atoms with Crippen LogP contribution in [0.2, 0.25) is 0 Å². The van der Waals surface area contributed by atoms with Gasteiger partial charge in [0.1, 0.15) is 0 Å². The molecule has 0 bridgehead atoms. The molecule has 2 aliphatic rings. The van der Waals surface area contributed by atoms with Crippen LogP contribution in [0.4, 0.5) is 0 Å². The molecule has 18 heavy (non-hydrogen) atoms. The second-order valence-electron chi connectivity index (χ2n) is 4.96. The van der Waals surface area contributed by atoms with E-state index in [0.717, 1.165) is 19.0 Å². The topological polar surface area (TPSA) is 47.6 Å². The van der Waals surface area contributed by atoms with Crippen LogP contribution in [0.1, 0.15) is 33.1 Å². The second kappa shape index (κ2) is 7.25. The van der Waals surface area contributed by atoms with Gasteiger partial charge in [0.2, 0.25) is 0 Å². The molecule has 0 amide bonds. The van der Waals surface area contributed by atoms with Crippen LogP contribution in [0.15, 0.2) is 0 Å². The van der Waals surface area contributed by atoms with Crippen LogP contribution < -0.4 is 5.32 Å². The minimum atomic E-state index is -2.92. The predicted molar refractivity (Wildman–Crippen MR) is 75.6 cm³/mol. The summed E-state index contributed by atoms with van der Waals surface area (Å²) in [7, 11) is -2.92. The van der Waals surface area contributed by atoms with E-state index in [1.807, 2.05) is 13.8 Å². The molecule has 0 spiro atoms. The molecule has 1 saturated carbocycles. The highest BCUT2D eigenvalue weighted by Crippen LogP contribution is 2.58. The molecule has 0 aromatic heterocycles. The van der Waals surface area contributed by atoms with Crippen molar-refractivity contribution in [1.82, 2.24) is 5.32 Å². The SMILES string of the molecule is CCOP(=O)(OCC)C1CNCC1C1CCC1.Cl. The number of rotatable bonds is 6. The molecule has 1 heterocycles. The van der Waals surface area contributed by atoms with Crippen LogP contribution in [0.25, 0.3) is 0 Å². The first kappa shape index (κ1) is 16.5. The van der Waals surface area contributed by atoms with Crippen molar-refractivity contribution in [3.8, 4) is 0 Å². The minimum absolute atomic E-state index is 0. The lowest BCUT2D eigenvalue weighted by Gasteiger charge is -2.36. The standard InChI is InChI=1S/C12H24NO3P.ClH/c1-3-15-17(14,16-4-2)12-9-13-8-11(12)10-6-5-7-10;/h10-13H,3-9H2,1-2H3;1H. The molecule has 4 nitrogen and oxygen atoms in total. The molecule has 2 fully saturated rings. The molecule has 0 aromatic carbocycles. The van der Waals surface area contributed by atoms with E-state index >= 15 is 0 Å². The van der Waals surface area contributed by atoms with Gasteiger partial charge >= 0.3 is 7.60 Å². The van der Waals surface area contributed by atoms with Gasteiger partial charge in [0, 0.05) is 6.54 Å². The molecule has 6 heteroatoms. The summed E-state index contributed by atoms with van der Waals surface area (Å²) in [4.78, 5) is 0. The summed E-state index contributed by atoms with van der Waals surface area (Å²) in [6.07, 6.45) is 3.88. The van der Waals surface area contributed by atoms with Gasteiger partial charge in [-0.05, 0) is 32.2 Å². The van der Waals surface area contributed by atoms with Crippen LogP contribution in [-0.4, -0.2) is 32.0 Å². The maximum atomic E-state index is 12.8. The Labute approximate surface area is 116 Å². The van der Waals surface area contributed by atoms with Crippen molar-refractivity contribution in [1.29, 1.82) is 0 Å². The summed E-state index contributed by atoms with van der Waals surface area (Å²) >= 11 is 0. The van der Waals surface area contributed by atoms with Crippen molar-refractivity contribution >= 4 is 20.0 Å². The summed E-state index contributed by atoms with van der Waals surface area (Å²) in [5.41, 5.74) is 0.0627. The van der Waals surface area contributed by atoms with E-state index in [-0.39, 0.29) is 18.1 Å². The maximum absolute atomic E-state index is 12.8. The van der Waals surface area contributed by atoms with Crippen LogP contribution in [0, 0.1) is 11.8 Å². The number of halogens is 1. The third-order valence-corrected chi connectivity index (χ3v) is 6.62. The lowest BCUT2D eigenvalue weighted by atomic mass is 9.75. The maximum Gasteiger partial charge on any atom is 0.335 e. The molecule has 2 atom stereocenters. The Morgan fingerprint density at radius 3 is 2.22 bits per heavy atom. The van der Waals surface area contributed by atoms with E-state index < -0.39 is 7.60 Å². The third-order valence-electron chi connectivity index (χ3n) is 4.01. The fourth-order valence-corrected chi connectivity index (χ4v) is 5.32. The van der Waals surface area contributed by atoms with Crippen molar-refractivity contribution in [2.24, 2.45) is 11.8 Å². The zero-order valence-electron chi connectivity index (χ0n) is 11.3.